The van der Waals surface area contributed by atoms with Crippen LogP contribution in [0.5, 0.6) is 0 Å². The number of hydrogen-bond donors (Lipinski definition) is 2. The summed E-state index contributed by atoms with van der Waals surface area (Å²) >= 11 is 3.31. The zero-order chi connectivity index (χ0) is 23.4. The lowest BCUT2D eigenvalue weighted by molar-refractivity contribution is 0.166. The monoisotopic (exact) mass is 496 g/mol. The molecule has 0 aliphatic carbocycles. The molecular weight excluding hydrogens is 464 g/mol. The summed E-state index contributed by atoms with van der Waals surface area (Å²) in [5.41, 5.74) is 3.19. The van der Waals surface area contributed by atoms with Crippen LogP contribution in [0.4, 0.5) is 4.79 Å². The molecule has 4 rings (SSSR count). The zero-order valence-electron chi connectivity index (χ0n) is 19.0. The van der Waals surface area contributed by atoms with Gasteiger partial charge in [0.25, 0.3) is 0 Å². The van der Waals surface area contributed by atoms with E-state index in [2.05, 4.69) is 78.4 Å². The quantitative estimate of drug-likeness (QED) is 0.447. The van der Waals surface area contributed by atoms with Gasteiger partial charge in [0.05, 0.1) is 0 Å². The summed E-state index contributed by atoms with van der Waals surface area (Å²) in [7, 11) is 0. The highest BCUT2D eigenvalue weighted by Gasteiger charge is 2.27. The minimum atomic E-state index is -0.907. The molecule has 1 atom stereocenters. The summed E-state index contributed by atoms with van der Waals surface area (Å²) in [6, 6.07) is 21.3. The Kier molecular flexibility index (Phi) is 10.4. The van der Waals surface area contributed by atoms with Gasteiger partial charge in [-0.1, -0.05) is 103 Å². The lowest BCUT2D eigenvalue weighted by atomic mass is 9.80. The Morgan fingerprint density at radius 1 is 1.03 bits per heavy atom. The van der Waals surface area contributed by atoms with Crippen LogP contribution in [0.25, 0.3) is 5.57 Å². The molecule has 0 spiro atoms. The molecule has 5 heteroatoms. The van der Waals surface area contributed by atoms with Crippen molar-refractivity contribution < 1.29 is 9.90 Å². The van der Waals surface area contributed by atoms with Gasteiger partial charge in [0.15, 0.2) is 0 Å². The maximum absolute atomic E-state index is 10.2. The van der Waals surface area contributed by atoms with Gasteiger partial charge in [-0.25, -0.2) is 4.79 Å². The first-order valence-corrected chi connectivity index (χ1v) is 11.6. The van der Waals surface area contributed by atoms with Crippen LogP contribution in [0.2, 0.25) is 0 Å². The van der Waals surface area contributed by atoms with Gasteiger partial charge in [0.1, 0.15) is 0 Å². The molecule has 0 saturated heterocycles. The predicted molar refractivity (Wildman–Crippen MR) is 137 cm³/mol. The Hall–Kier alpha value is -2.63. The molecule has 0 radical (unpaired) electrons. The van der Waals surface area contributed by atoms with Crippen molar-refractivity contribution in [2.45, 2.75) is 33.2 Å². The third-order valence-electron chi connectivity index (χ3n) is 5.12. The summed E-state index contributed by atoms with van der Waals surface area (Å²) < 4.78 is 1.13. The first-order chi connectivity index (χ1) is 15.3. The number of benzene rings is 2. The van der Waals surface area contributed by atoms with Crippen molar-refractivity contribution in [3.8, 4) is 0 Å². The number of carbonyl (C=O) groups is 1. The van der Waals surface area contributed by atoms with Crippen LogP contribution < -0.4 is 5.32 Å². The maximum atomic E-state index is 10.2. The Morgan fingerprint density at radius 3 is 2.09 bits per heavy atom. The molecule has 0 aromatic heterocycles. The highest BCUT2D eigenvalue weighted by molar-refractivity contribution is 9.10. The van der Waals surface area contributed by atoms with Crippen LogP contribution in [0.1, 0.15) is 32.8 Å². The number of halogens is 1. The van der Waals surface area contributed by atoms with E-state index < -0.39 is 6.09 Å². The zero-order valence-corrected chi connectivity index (χ0v) is 20.6. The van der Waals surface area contributed by atoms with E-state index in [1.807, 2.05) is 36.4 Å². The van der Waals surface area contributed by atoms with Crippen LogP contribution in [0, 0.1) is 5.41 Å². The average molecular weight is 497 g/mol. The van der Waals surface area contributed by atoms with Crippen LogP contribution in [0.15, 0.2) is 95.6 Å². The van der Waals surface area contributed by atoms with Crippen molar-refractivity contribution in [1.82, 2.24) is 10.2 Å². The number of nitrogens with zero attached hydrogens (tertiary/aromatic N) is 1. The number of amides is 1. The molecule has 170 valence electrons. The Balaban J connectivity index is 0.000000191. The van der Waals surface area contributed by atoms with E-state index in [0.717, 1.165) is 17.4 Å². The summed E-state index contributed by atoms with van der Waals surface area (Å²) in [5, 5.41) is 12.0. The fourth-order valence-electron chi connectivity index (χ4n) is 3.22. The molecule has 2 aliphatic rings. The van der Waals surface area contributed by atoms with Crippen molar-refractivity contribution in [3.05, 3.63) is 101 Å². The molecule has 1 amide bonds. The average Bonchev–Trinajstić information content (AvgIpc) is 2.81. The Morgan fingerprint density at radius 2 is 1.66 bits per heavy atom. The fraction of sp³-hybridized carbons (Fsp3) is 0.296. The molecular formula is C27H33BrN2O2. The smallest absolute Gasteiger partial charge is 0.411 e. The van der Waals surface area contributed by atoms with E-state index in [-0.39, 0.29) is 0 Å². The predicted octanol–water partition coefficient (Wildman–Crippen LogP) is 6.98. The molecule has 4 nitrogen and oxygen atoms in total. The highest BCUT2D eigenvalue weighted by Crippen LogP contribution is 2.30. The first kappa shape index (κ1) is 25.6. The Labute approximate surface area is 200 Å². The van der Waals surface area contributed by atoms with Gasteiger partial charge in [-0.2, -0.15) is 0 Å². The minimum Gasteiger partial charge on any atom is -0.465 e. The van der Waals surface area contributed by atoms with Gasteiger partial charge < -0.3 is 10.4 Å². The second kappa shape index (κ2) is 13.0. The molecule has 2 aromatic rings. The Bertz CT molecular complexity index is 916. The van der Waals surface area contributed by atoms with Crippen LogP contribution in [0.3, 0.4) is 0 Å². The molecule has 2 N–H and O–H groups in total. The third kappa shape index (κ3) is 9.25. The molecule has 0 saturated carbocycles. The summed E-state index contributed by atoms with van der Waals surface area (Å²) in [6.45, 7) is 8.37. The van der Waals surface area contributed by atoms with Crippen molar-refractivity contribution in [2.24, 2.45) is 5.41 Å². The third-order valence-corrected chi connectivity index (χ3v) is 5.65. The van der Waals surface area contributed by atoms with E-state index in [1.54, 1.807) is 12.2 Å². The van der Waals surface area contributed by atoms with Crippen LogP contribution in [-0.2, 0) is 0 Å². The number of rotatable bonds is 1. The summed E-state index contributed by atoms with van der Waals surface area (Å²) in [5.74, 6) is 0. The van der Waals surface area contributed by atoms with E-state index in [1.165, 1.54) is 22.2 Å². The van der Waals surface area contributed by atoms with Gasteiger partial charge in [0.2, 0.25) is 0 Å². The van der Waals surface area contributed by atoms with Crippen molar-refractivity contribution in [2.75, 3.05) is 13.1 Å². The van der Waals surface area contributed by atoms with Gasteiger partial charge >= 0.3 is 6.09 Å². The standard InChI is InChI=1S/C15H21N.C6H5Br.C6H7NO2/c1-15(2,3)14-11-13(9-10-16-14)12-7-5-4-6-8-12;7-6-4-2-1-3-5-6;8-6(9)7-4-2-1-3-5-7/h4-9,14,16H,10-11H2,1-3H3;1-5H;1-4H,5H2,(H,8,9). The fourth-order valence-corrected chi connectivity index (χ4v) is 3.53. The first-order valence-electron chi connectivity index (χ1n) is 10.8. The summed E-state index contributed by atoms with van der Waals surface area (Å²) in [6.07, 6.45) is 9.37. The normalized spacial score (nSPS) is 17.3. The van der Waals surface area contributed by atoms with Gasteiger partial charge in [-0.15, -0.1) is 0 Å². The second-order valence-electron chi connectivity index (χ2n) is 8.63. The molecule has 0 bridgehead atoms. The van der Waals surface area contributed by atoms with E-state index >= 15 is 0 Å². The van der Waals surface area contributed by atoms with E-state index in [0.29, 0.717) is 18.0 Å². The number of carboxylic acid groups (broad SMARTS) is 1. The highest BCUT2D eigenvalue weighted by atomic mass is 79.9. The second-order valence-corrected chi connectivity index (χ2v) is 9.54. The van der Waals surface area contributed by atoms with Crippen molar-refractivity contribution in [3.63, 3.8) is 0 Å². The van der Waals surface area contributed by atoms with Crippen LogP contribution in [-0.4, -0.2) is 35.2 Å². The number of hydrogen-bond acceptors (Lipinski definition) is 2. The van der Waals surface area contributed by atoms with Crippen molar-refractivity contribution in [1.29, 1.82) is 0 Å². The van der Waals surface area contributed by atoms with Gasteiger partial charge in [0, 0.05) is 29.8 Å². The lowest BCUT2D eigenvalue weighted by Gasteiger charge is -2.35. The van der Waals surface area contributed by atoms with Gasteiger partial charge in [-0.05, 0) is 41.2 Å². The maximum Gasteiger partial charge on any atom is 0.411 e. The minimum absolute atomic E-state index is 0.328. The largest absolute Gasteiger partial charge is 0.465 e. The molecule has 0 fully saturated rings. The van der Waals surface area contributed by atoms with E-state index in [9.17, 15) is 4.79 Å². The molecule has 2 aliphatic heterocycles. The van der Waals surface area contributed by atoms with Crippen LogP contribution >= 0.6 is 15.9 Å². The molecule has 32 heavy (non-hydrogen) atoms. The number of nitrogens with one attached hydrogen (secondary N) is 1. The van der Waals surface area contributed by atoms with Gasteiger partial charge in [-0.3, -0.25) is 4.90 Å². The number of allylic oxidation sites excluding steroid dienone is 2. The van der Waals surface area contributed by atoms with E-state index in [4.69, 9.17) is 5.11 Å². The summed E-state index contributed by atoms with van der Waals surface area (Å²) in [4.78, 5) is 11.4. The molecule has 1 unspecified atom stereocenters. The van der Waals surface area contributed by atoms with Crippen molar-refractivity contribution >= 4 is 27.6 Å². The SMILES string of the molecule is Brc1ccccc1.CC(C)(C)C1CC(c2ccccc2)=CCN1.O=C(O)N1C=CC=CC1. The molecule has 2 aromatic carbocycles. The topological polar surface area (TPSA) is 52.6 Å². The molecule has 2 heterocycles. The lowest BCUT2D eigenvalue weighted by Crippen LogP contribution is -2.42.